The van der Waals surface area contributed by atoms with Crippen molar-refractivity contribution in [3.8, 4) is 0 Å². The highest BCUT2D eigenvalue weighted by atomic mass is 35.5. The molecule has 1 aliphatic carbocycles. The van der Waals surface area contributed by atoms with Crippen LogP contribution >= 0.6 is 46.4 Å². The minimum absolute atomic E-state index is 0.0718. The SMILES string of the molecule is O=Cc1ccc2c(c1)C(=O)c1c(Cl)c(Cl)c(Cl)c(Cl)c1C2=O. The van der Waals surface area contributed by atoms with Gasteiger partial charge in [-0.25, -0.2) is 0 Å². The second-order valence-electron chi connectivity index (χ2n) is 4.59. The van der Waals surface area contributed by atoms with Gasteiger partial charge in [0.25, 0.3) is 0 Å². The molecule has 0 unspecified atom stereocenters. The largest absolute Gasteiger partial charge is 0.298 e. The first kappa shape index (κ1) is 15.5. The Balaban J connectivity index is 2.41. The molecule has 110 valence electrons. The number of carbonyl (C=O) groups is 3. The molecule has 3 rings (SSSR count). The Morgan fingerprint density at radius 2 is 1.23 bits per heavy atom. The number of rotatable bonds is 1. The first-order valence-corrected chi connectivity index (χ1v) is 7.44. The smallest absolute Gasteiger partial charge is 0.196 e. The first-order valence-electron chi connectivity index (χ1n) is 5.93. The van der Waals surface area contributed by atoms with Crippen molar-refractivity contribution in [1.82, 2.24) is 0 Å². The Labute approximate surface area is 144 Å². The molecule has 22 heavy (non-hydrogen) atoms. The van der Waals surface area contributed by atoms with Crippen molar-refractivity contribution in [2.24, 2.45) is 0 Å². The standard InChI is InChI=1S/C15H4Cl4O3/c16-10-8-9(11(17)13(19)12(10)18)15(22)7-3-5(4-20)1-2-6(7)14(8)21/h1-4H. The number of carbonyl (C=O) groups excluding carboxylic acids is 3. The van der Waals surface area contributed by atoms with Gasteiger partial charge in [-0.1, -0.05) is 52.5 Å². The molecular weight excluding hydrogens is 370 g/mol. The van der Waals surface area contributed by atoms with Crippen LogP contribution in [0.2, 0.25) is 20.1 Å². The molecule has 0 aromatic heterocycles. The molecule has 0 saturated heterocycles. The van der Waals surface area contributed by atoms with Crippen LogP contribution in [0.4, 0.5) is 0 Å². The predicted octanol–water partition coefficient (Wildman–Crippen LogP) is 4.89. The van der Waals surface area contributed by atoms with Crippen LogP contribution in [0.15, 0.2) is 18.2 Å². The third-order valence-electron chi connectivity index (χ3n) is 3.39. The quantitative estimate of drug-likeness (QED) is 0.346. The van der Waals surface area contributed by atoms with Crippen LogP contribution in [0.25, 0.3) is 0 Å². The maximum Gasteiger partial charge on any atom is 0.196 e. The number of hydrogen-bond donors (Lipinski definition) is 0. The van der Waals surface area contributed by atoms with Crippen LogP contribution in [-0.4, -0.2) is 17.9 Å². The zero-order chi connectivity index (χ0) is 16.2. The van der Waals surface area contributed by atoms with E-state index in [1.54, 1.807) is 0 Å². The molecule has 0 fully saturated rings. The molecule has 0 amide bonds. The van der Waals surface area contributed by atoms with Crippen LogP contribution in [0.1, 0.15) is 42.2 Å². The van der Waals surface area contributed by atoms with Gasteiger partial charge in [0, 0.05) is 16.7 Å². The Morgan fingerprint density at radius 1 is 0.727 bits per heavy atom. The Kier molecular flexibility index (Phi) is 3.77. The third kappa shape index (κ3) is 2.01. The fourth-order valence-corrected chi connectivity index (χ4v) is 3.37. The maximum absolute atomic E-state index is 12.6. The number of aldehydes is 1. The average Bonchev–Trinajstić information content (AvgIpc) is 2.53. The Hall–Kier alpha value is -1.39. The van der Waals surface area contributed by atoms with Gasteiger partial charge in [-0.05, 0) is 12.1 Å². The lowest BCUT2D eigenvalue weighted by molar-refractivity contribution is 0.0979. The van der Waals surface area contributed by atoms with Crippen molar-refractivity contribution in [3.05, 3.63) is 66.1 Å². The van der Waals surface area contributed by atoms with Gasteiger partial charge in [-0.3, -0.25) is 14.4 Å². The van der Waals surface area contributed by atoms with E-state index >= 15 is 0 Å². The number of benzene rings is 2. The molecule has 7 heteroatoms. The normalized spacial score (nSPS) is 12.9. The predicted molar refractivity (Wildman–Crippen MR) is 85.2 cm³/mol. The molecule has 1 aliphatic rings. The monoisotopic (exact) mass is 372 g/mol. The maximum atomic E-state index is 12.6. The number of ketones is 2. The molecule has 2 aromatic carbocycles. The lowest BCUT2D eigenvalue weighted by Gasteiger charge is -2.21. The summed E-state index contributed by atoms with van der Waals surface area (Å²) >= 11 is 24.0. The molecule has 0 aliphatic heterocycles. The van der Waals surface area contributed by atoms with Crippen LogP contribution in [-0.2, 0) is 0 Å². The van der Waals surface area contributed by atoms with E-state index in [4.69, 9.17) is 46.4 Å². The van der Waals surface area contributed by atoms with Crippen molar-refractivity contribution in [2.45, 2.75) is 0 Å². The van der Waals surface area contributed by atoms with E-state index < -0.39 is 11.6 Å². The summed E-state index contributed by atoms with van der Waals surface area (Å²) in [4.78, 5) is 36.1. The zero-order valence-corrected chi connectivity index (χ0v) is 13.6. The molecule has 0 spiro atoms. The molecule has 0 radical (unpaired) electrons. The number of halogens is 4. The van der Waals surface area contributed by atoms with Crippen molar-refractivity contribution in [1.29, 1.82) is 0 Å². The highest BCUT2D eigenvalue weighted by molar-refractivity contribution is 6.55. The minimum Gasteiger partial charge on any atom is -0.298 e. The minimum atomic E-state index is -0.529. The topological polar surface area (TPSA) is 51.2 Å². The first-order chi connectivity index (χ1) is 10.4. The summed E-state index contributed by atoms with van der Waals surface area (Å²) in [7, 11) is 0. The van der Waals surface area contributed by atoms with Crippen LogP contribution in [0, 0.1) is 0 Å². The van der Waals surface area contributed by atoms with Gasteiger partial charge in [0.1, 0.15) is 6.29 Å². The van der Waals surface area contributed by atoms with Crippen LogP contribution in [0.3, 0.4) is 0 Å². The van der Waals surface area contributed by atoms with Gasteiger partial charge in [0.05, 0.1) is 31.2 Å². The summed E-state index contributed by atoms with van der Waals surface area (Å²) < 4.78 is 0. The lowest BCUT2D eigenvalue weighted by Crippen LogP contribution is -2.22. The number of hydrogen-bond acceptors (Lipinski definition) is 3. The Bertz CT molecular complexity index is 887. The molecular formula is C15H4Cl4O3. The van der Waals surface area contributed by atoms with Gasteiger partial charge < -0.3 is 0 Å². The van der Waals surface area contributed by atoms with Crippen LogP contribution in [0.5, 0.6) is 0 Å². The molecule has 0 N–H and O–H groups in total. The highest BCUT2D eigenvalue weighted by Gasteiger charge is 2.36. The zero-order valence-electron chi connectivity index (χ0n) is 10.5. The van der Waals surface area contributed by atoms with Crippen molar-refractivity contribution in [3.63, 3.8) is 0 Å². The fraction of sp³-hybridized carbons (Fsp3) is 0. The van der Waals surface area contributed by atoms with Crippen molar-refractivity contribution in [2.75, 3.05) is 0 Å². The van der Waals surface area contributed by atoms with Gasteiger partial charge in [-0.2, -0.15) is 0 Å². The van der Waals surface area contributed by atoms with Crippen molar-refractivity contribution < 1.29 is 14.4 Å². The van der Waals surface area contributed by atoms with Gasteiger partial charge >= 0.3 is 0 Å². The van der Waals surface area contributed by atoms with Gasteiger partial charge in [0.15, 0.2) is 11.6 Å². The van der Waals surface area contributed by atoms with E-state index in [0.717, 1.165) is 0 Å². The van der Waals surface area contributed by atoms with E-state index in [2.05, 4.69) is 0 Å². The van der Waals surface area contributed by atoms with E-state index in [9.17, 15) is 14.4 Å². The summed E-state index contributed by atoms with van der Waals surface area (Å²) in [6.07, 6.45) is 0.580. The summed E-state index contributed by atoms with van der Waals surface area (Å²) in [5.41, 5.74) is 0.322. The molecule has 0 bridgehead atoms. The second-order valence-corrected chi connectivity index (χ2v) is 6.10. The van der Waals surface area contributed by atoms with Gasteiger partial charge in [-0.15, -0.1) is 0 Å². The average molecular weight is 374 g/mol. The van der Waals surface area contributed by atoms with E-state index in [1.165, 1.54) is 18.2 Å². The summed E-state index contributed by atoms with van der Waals surface area (Å²) in [6, 6.07) is 4.17. The number of fused-ring (bicyclic) bond motifs is 2. The summed E-state index contributed by atoms with van der Waals surface area (Å²) in [5, 5.41) is -0.425. The molecule has 0 saturated carbocycles. The summed E-state index contributed by atoms with van der Waals surface area (Å²) in [5.74, 6) is -1.02. The fourth-order valence-electron chi connectivity index (χ4n) is 2.35. The third-order valence-corrected chi connectivity index (χ3v) is 5.19. The van der Waals surface area contributed by atoms with Crippen molar-refractivity contribution >= 4 is 64.3 Å². The van der Waals surface area contributed by atoms with E-state index in [1.807, 2.05) is 0 Å². The van der Waals surface area contributed by atoms with Gasteiger partial charge in [0.2, 0.25) is 0 Å². The van der Waals surface area contributed by atoms with E-state index in [-0.39, 0.29) is 47.9 Å². The lowest BCUT2D eigenvalue weighted by atomic mass is 9.83. The highest BCUT2D eigenvalue weighted by Crippen LogP contribution is 2.45. The summed E-state index contributed by atoms with van der Waals surface area (Å²) in [6.45, 7) is 0. The second kappa shape index (κ2) is 5.36. The molecule has 3 nitrogen and oxygen atoms in total. The van der Waals surface area contributed by atoms with Crippen LogP contribution < -0.4 is 0 Å². The molecule has 2 aromatic rings. The Morgan fingerprint density at radius 3 is 1.73 bits per heavy atom. The molecule has 0 heterocycles. The molecule has 0 atom stereocenters. The van der Waals surface area contributed by atoms with E-state index in [0.29, 0.717) is 6.29 Å².